The SMILES string of the molecule is CCC(=O)CCCCCC1NC(=O)[C@H]2CCCCN2C(=O)C([C@@H](C)CC)NC(=O)C(Cc2cn(OC)c3ccccc23)NC1=O. The smallest absolute Gasteiger partial charge is 0.246 e. The first-order valence-electron chi connectivity index (χ1n) is 16.5. The van der Waals surface area contributed by atoms with Crippen molar-refractivity contribution >= 4 is 40.3 Å². The standard InChI is InChI=1S/C34H49N5O6/c1-5-22(3)30-34(44)38-19-13-12-18-29(38)33(43)35-26(16-9-7-8-14-24(40)6-2)31(41)36-27(32(42)37-30)20-23-21-39(45-4)28-17-11-10-15-25(23)28/h10-11,15,17,21-22,26-27,29-30H,5-9,12-14,16,18-20H2,1-4H3,(H,35,43)(H,36,41)(H,37,42)/t22-,26?,27?,29+,30?/m0/s1. The molecule has 4 rings (SSSR count). The van der Waals surface area contributed by atoms with Crippen molar-refractivity contribution in [1.82, 2.24) is 25.6 Å². The lowest BCUT2D eigenvalue weighted by atomic mass is 9.93. The highest BCUT2D eigenvalue weighted by Crippen LogP contribution is 2.24. The zero-order valence-electron chi connectivity index (χ0n) is 27.1. The largest absolute Gasteiger partial charge is 0.417 e. The van der Waals surface area contributed by atoms with E-state index in [1.807, 2.05) is 45.0 Å². The van der Waals surface area contributed by atoms with E-state index in [0.717, 1.165) is 35.7 Å². The lowest BCUT2D eigenvalue weighted by Crippen LogP contribution is -2.64. The van der Waals surface area contributed by atoms with E-state index in [4.69, 9.17) is 4.84 Å². The minimum absolute atomic E-state index is 0.155. The summed E-state index contributed by atoms with van der Waals surface area (Å²) in [6.45, 7) is 6.14. The van der Waals surface area contributed by atoms with E-state index in [1.165, 1.54) is 0 Å². The molecule has 2 aromatic rings. The number of nitrogens with zero attached hydrogens (tertiary/aromatic N) is 2. The Balaban J connectivity index is 1.66. The molecule has 0 spiro atoms. The predicted molar refractivity (Wildman–Crippen MR) is 171 cm³/mol. The lowest BCUT2D eigenvalue weighted by Gasteiger charge is -2.39. The molecule has 2 saturated heterocycles. The van der Waals surface area contributed by atoms with Crippen molar-refractivity contribution in [2.75, 3.05) is 13.7 Å². The molecule has 11 nitrogen and oxygen atoms in total. The molecule has 3 unspecified atom stereocenters. The van der Waals surface area contributed by atoms with Gasteiger partial charge in [-0.25, -0.2) is 0 Å². The predicted octanol–water partition coefficient (Wildman–Crippen LogP) is 3.07. The summed E-state index contributed by atoms with van der Waals surface area (Å²) in [7, 11) is 1.56. The minimum atomic E-state index is -1.01. The van der Waals surface area contributed by atoms with E-state index in [-0.39, 0.29) is 29.9 Å². The van der Waals surface area contributed by atoms with Crippen LogP contribution < -0.4 is 20.8 Å². The number of Topliss-reactive ketones (excluding diaryl/α,β-unsaturated/α-hetero) is 1. The molecule has 3 N–H and O–H groups in total. The molecule has 0 aliphatic carbocycles. The number of carbonyl (C=O) groups excluding carboxylic acids is 5. The maximum atomic E-state index is 14.0. The van der Waals surface area contributed by atoms with Crippen LogP contribution >= 0.6 is 0 Å². The highest BCUT2D eigenvalue weighted by Gasteiger charge is 2.40. The number of benzene rings is 1. The highest BCUT2D eigenvalue weighted by molar-refractivity contribution is 5.98. The van der Waals surface area contributed by atoms with Gasteiger partial charge in [-0.1, -0.05) is 58.2 Å². The quantitative estimate of drug-likeness (QED) is 0.311. The monoisotopic (exact) mass is 623 g/mol. The molecule has 3 heterocycles. The van der Waals surface area contributed by atoms with Crippen molar-refractivity contribution in [3.63, 3.8) is 0 Å². The third-order valence-electron chi connectivity index (χ3n) is 9.36. The van der Waals surface area contributed by atoms with Crippen molar-refractivity contribution in [1.29, 1.82) is 0 Å². The number of fused-ring (bicyclic) bond motifs is 2. The first-order chi connectivity index (χ1) is 21.7. The fourth-order valence-corrected chi connectivity index (χ4v) is 6.38. The molecule has 2 aliphatic heterocycles. The summed E-state index contributed by atoms with van der Waals surface area (Å²) >= 11 is 0. The van der Waals surface area contributed by atoms with Gasteiger partial charge in [0.2, 0.25) is 23.6 Å². The minimum Gasteiger partial charge on any atom is -0.417 e. The number of amides is 4. The second-order valence-corrected chi connectivity index (χ2v) is 12.4. The molecule has 0 bridgehead atoms. The zero-order chi connectivity index (χ0) is 32.5. The third kappa shape index (κ3) is 8.23. The van der Waals surface area contributed by atoms with Gasteiger partial charge in [-0.3, -0.25) is 24.0 Å². The topological polar surface area (TPSA) is 139 Å². The number of carbonyl (C=O) groups is 5. The van der Waals surface area contributed by atoms with E-state index < -0.39 is 36.0 Å². The normalized spacial score (nSPS) is 23.7. The lowest BCUT2D eigenvalue weighted by molar-refractivity contribution is -0.147. The summed E-state index contributed by atoms with van der Waals surface area (Å²) < 4.78 is 1.62. The van der Waals surface area contributed by atoms with Crippen molar-refractivity contribution in [2.24, 2.45) is 5.92 Å². The second-order valence-electron chi connectivity index (χ2n) is 12.4. The Morgan fingerprint density at radius 2 is 1.69 bits per heavy atom. The van der Waals surface area contributed by atoms with Gasteiger partial charge in [-0.05, 0) is 49.7 Å². The van der Waals surface area contributed by atoms with Crippen LogP contribution in [-0.2, 0) is 30.4 Å². The van der Waals surface area contributed by atoms with E-state index in [2.05, 4.69) is 16.0 Å². The van der Waals surface area contributed by atoms with E-state index >= 15 is 0 Å². The number of ketones is 1. The Kier molecular flexibility index (Phi) is 12.0. The van der Waals surface area contributed by atoms with E-state index in [9.17, 15) is 24.0 Å². The molecule has 2 fully saturated rings. The van der Waals surface area contributed by atoms with Crippen LogP contribution in [0.25, 0.3) is 10.9 Å². The fraction of sp³-hybridized carbons (Fsp3) is 0.618. The molecule has 0 saturated carbocycles. The van der Waals surface area contributed by atoms with Gasteiger partial charge in [0, 0.05) is 37.4 Å². The summed E-state index contributed by atoms with van der Waals surface area (Å²) in [6, 6.07) is 4.20. The van der Waals surface area contributed by atoms with Crippen LogP contribution in [0.5, 0.6) is 0 Å². The first kappa shape index (κ1) is 34.0. The highest BCUT2D eigenvalue weighted by atomic mass is 16.6. The molecule has 45 heavy (non-hydrogen) atoms. The molecule has 1 aromatic heterocycles. The molecule has 1 aromatic carbocycles. The summed E-state index contributed by atoms with van der Waals surface area (Å²) in [4.78, 5) is 74.5. The van der Waals surface area contributed by atoms with Gasteiger partial charge in [0.1, 0.15) is 37.1 Å². The van der Waals surface area contributed by atoms with Crippen LogP contribution in [0.1, 0.15) is 90.5 Å². The van der Waals surface area contributed by atoms with Crippen LogP contribution in [-0.4, -0.2) is 76.9 Å². The summed E-state index contributed by atoms with van der Waals surface area (Å²) in [5, 5.41) is 9.75. The third-order valence-corrected chi connectivity index (χ3v) is 9.36. The molecule has 11 heteroatoms. The Morgan fingerprint density at radius 1 is 0.956 bits per heavy atom. The number of piperidine rings is 1. The Labute approximate surface area is 265 Å². The number of hydrogen-bond acceptors (Lipinski definition) is 6. The maximum Gasteiger partial charge on any atom is 0.246 e. The van der Waals surface area contributed by atoms with Gasteiger partial charge < -0.3 is 25.7 Å². The van der Waals surface area contributed by atoms with Crippen LogP contribution in [0.3, 0.4) is 0 Å². The van der Waals surface area contributed by atoms with E-state index in [1.54, 1.807) is 22.9 Å². The van der Waals surface area contributed by atoms with Gasteiger partial charge in [-0.15, -0.1) is 0 Å². The average Bonchev–Trinajstić information content (AvgIpc) is 3.41. The fourth-order valence-electron chi connectivity index (χ4n) is 6.38. The number of nitrogens with one attached hydrogen (secondary N) is 3. The molecular formula is C34H49N5O6. The number of para-hydroxylation sites is 1. The van der Waals surface area contributed by atoms with Gasteiger partial charge in [-0.2, -0.15) is 4.73 Å². The Hall–Kier alpha value is -3.89. The summed E-state index contributed by atoms with van der Waals surface area (Å²) in [5.74, 6) is -1.50. The molecule has 4 amide bonds. The summed E-state index contributed by atoms with van der Waals surface area (Å²) in [5.41, 5.74) is 1.62. The number of unbranched alkanes of at least 4 members (excludes halogenated alkanes) is 2. The molecule has 0 radical (unpaired) electrons. The van der Waals surface area contributed by atoms with Crippen molar-refractivity contribution in [2.45, 2.75) is 116 Å². The van der Waals surface area contributed by atoms with Crippen molar-refractivity contribution in [3.05, 3.63) is 36.0 Å². The van der Waals surface area contributed by atoms with Crippen molar-refractivity contribution < 1.29 is 28.8 Å². The molecular weight excluding hydrogens is 574 g/mol. The molecule has 5 atom stereocenters. The number of rotatable bonds is 12. The van der Waals surface area contributed by atoms with Gasteiger partial charge in [0.25, 0.3) is 0 Å². The first-order valence-corrected chi connectivity index (χ1v) is 16.5. The zero-order valence-corrected chi connectivity index (χ0v) is 27.1. The van der Waals surface area contributed by atoms with Crippen molar-refractivity contribution in [3.8, 4) is 0 Å². The van der Waals surface area contributed by atoms with Gasteiger partial charge in [0.15, 0.2) is 0 Å². The Morgan fingerprint density at radius 3 is 2.42 bits per heavy atom. The number of hydrogen-bond donors (Lipinski definition) is 3. The molecule has 2 aliphatic rings. The van der Waals surface area contributed by atoms with Crippen LogP contribution in [0.15, 0.2) is 30.5 Å². The average molecular weight is 624 g/mol. The van der Waals surface area contributed by atoms with Crippen LogP contribution in [0.2, 0.25) is 0 Å². The summed E-state index contributed by atoms with van der Waals surface area (Å²) in [6.07, 6.45) is 8.07. The maximum absolute atomic E-state index is 14.0. The van der Waals surface area contributed by atoms with Gasteiger partial charge in [0.05, 0.1) is 5.52 Å². The van der Waals surface area contributed by atoms with E-state index in [0.29, 0.717) is 51.5 Å². The Bertz CT molecular complexity index is 1370. The van der Waals surface area contributed by atoms with Gasteiger partial charge >= 0.3 is 0 Å². The number of aromatic nitrogens is 1. The molecule has 246 valence electrons. The van der Waals surface area contributed by atoms with Crippen LogP contribution in [0.4, 0.5) is 0 Å². The van der Waals surface area contributed by atoms with Crippen LogP contribution in [0, 0.1) is 5.92 Å². The second kappa shape index (κ2) is 15.9.